The fourth-order valence-electron chi connectivity index (χ4n) is 4.73. The number of fused-ring (bicyclic) bond motifs is 4. The van der Waals surface area contributed by atoms with Crippen molar-refractivity contribution < 1.29 is 20.1 Å². The van der Waals surface area contributed by atoms with Crippen molar-refractivity contribution in [2.24, 2.45) is 0 Å². The average Bonchev–Trinajstić information content (AvgIpc) is 3.62. The zero-order valence-corrected chi connectivity index (χ0v) is 24.8. The van der Waals surface area contributed by atoms with Gasteiger partial charge in [0.25, 0.3) is 0 Å². The second-order valence-electron chi connectivity index (χ2n) is 8.99. The van der Waals surface area contributed by atoms with Gasteiger partial charge in [0.15, 0.2) is 11.3 Å². The van der Waals surface area contributed by atoms with Gasteiger partial charge in [-0.1, -0.05) is 59.5 Å². The molecule has 8 rings (SSSR count). The summed E-state index contributed by atoms with van der Waals surface area (Å²) in [5, 5.41) is 2.48. The first-order valence-corrected chi connectivity index (χ1v) is 13.6. The quantitative estimate of drug-likeness (QED) is 0.173. The first-order valence-electron chi connectivity index (χ1n) is 12.8. The van der Waals surface area contributed by atoms with Gasteiger partial charge in [0, 0.05) is 49.1 Å². The molecule has 5 nitrogen and oxygen atoms in total. The van der Waals surface area contributed by atoms with E-state index in [0.29, 0.717) is 5.65 Å². The number of hydrogen-bond acceptors (Lipinski definition) is 5. The Balaban J connectivity index is 0.000000196. The summed E-state index contributed by atoms with van der Waals surface area (Å²) < 4.78 is 4.51. The molecule has 7 heteroatoms. The second-order valence-corrected chi connectivity index (χ2v) is 10.0. The Bertz CT molecular complexity index is 2020. The number of aromatic nitrogens is 5. The molecule has 4 aromatic heterocycles. The summed E-state index contributed by atoms with van der Waals surface area (Å²) in [6.45, 7) is 0. The van der Waals surface area contributed by atoms with E-state index in [4.69, 9.17) is 4.98 Å². The van der Waals surface area contributed by atoms with Gasteiger partial charge in [0.1, 0.15) is 0 Å². The fourth-order valence-corrected chi connectivity index (χ4v) is 5.93. The van der Waals surface area contributed by atoms with Crippen LogP contribution in [0.2, 0.25) is 0 Å². The molecule has 1 radical (unpaired) electrons. The van der Waals surface area contributed by atoms with Crippen LogP contribution in [-0.4, -0.2) is 24.5 Å². The van der Waals surface area contributed by atoms with Crippen LogP contribution in [0.25, 0.3) is 59.8 Å². The van der Waals surface area contributed by atoms with Crippen LogP contribution in [0.1, 0.15) is 0 Å². The van der Waals surface area contributed by atoms with E-state index in [1.807, 2.05) is 66.7 Å². The van der Waals surface area contributed by atoms with Crippen molar-refractivity contribution in [1.29, 1.82) is 0 Å². The standard InChI is InChI=1S/C23H13N4S.C11H8N.Ir/c1-2-7-15(8-3-1)27-22(26-21-23(27)25-14-13-24-21)18-11-6-10-17-16-9-4-5-12-19(16)28-20(17)18;1-2-6-10(7-3-1)11-8-4-5-9-12-11;/h1-10,12-14H;1-6,8-9H;/q2*-1;. The minimum absolute atomic E-state index is 0. The molecule has 0 aliphatic rings. The molecule has 0 unspecified atom stereocenters. The number of para-hydroxylation sites is 1. The van der Waals surface area contributed by atoms with Gasteiger partial charge < -0.3 is 9.55 Å². The van der Waals surface area contributed by atoms with Gasteiger partial charge in [-0.25, -0.2) is 9.97 Å². The van der Waals surface area contributed by atoms with Gasteiger partial charge in [-0.15, -0.1) is 54.1 Å². The summed E-state index contributed by atoms with van der Waals surface area (Å²) in [6, 6.07) is 43.0. The van der Waals surface area contributed by atoms with Crippen molar-refractivity contribution in [1.82, 2.24) is 24.5 Å². The first kappa shape index (κ1) is 26.7. The van der Waals surface area contributed by atoms with E-state index in [1.54, 1.807) is 29.9 Å². The van der Waals surface area contributed by atoms with Crippen LogP contribution in [-0.2, 0) is 20.1 Å². The van der Waals surface area contributed by atoms with E-state index in [0.717, 1.165) is 34.0 Å². The number of imidazole rings is 1. The largest absolute Gasteiger partial charge is 0.316 e. The van der Waals surface area contributed by atoms with Gasteiger partial charge in [0.2, 0.25) is 0 Å². The number of nitrogens with zero attached hydrogens (tertiary/aromatic N) is 5. The zero-order valence-electron chi connectivity index (χ0n) is 21.6. The van der Waals surface area contributed by atoms with Crippen LogP contribution in [0.3, 0.4) is 0 Å². The Hall–Kier alpha value is -4.55. The van der Waals surface area contributed by atoms with Crippen LogP contribution in [0.5, 0.6) is 0 Å². The van der Waals surface area contributed by atoms with E-state index >= 15 is 0 Å². The van der Waals surface area contributed by atoms with Gasteiger partial charge in [0.05, 0.1) is 5.82 Å². The van der Waals surface area contributed by atoms with Crippen molar-refractivity contribution in [3.05, 3.63) is 140 Å². The maximum absolute atomic E-state index is 4.84. The monoisotopic (exact) mass is 724 g/mol. The Morgan fingerprint density at radius 3 is 2.27 bits per heavy atom. The average molecular weight is 724 g/mol. The Kier molecular flexibility index (Phi) is 7.74. The number of benzene rings is 4. The number of rotatable bonds is 3. The van der Waals surface area contributed by atoms with Gasteiger partial charge in [-0.2, -0.15) is 11.3 Å². The fraction of sp³-hybridized carbons (Fsp3) is 0. The first-order chi connectivity index (χ1) is 19.9. The van der Waals surface area contributed by atoms with Crippen LogP contribution < -0.4 is 0 Å². The maximum Gasteiger partial charge on any atom is 0.188 e. The minimum atomic E-state index is 0. The summed E-state index contributed by atoms with van der Waals surface area (Å²) in [6.07, 6.45) is 5.17. The molecular weight excluding hydrogens is 703 g/mol. The molecule has 0 aliphatic carbocycles. The van der Waals surface area contributed by atoms with Crippen LogP contribution >= 0.6 is 11.3 Å². The SMILES string of the molecule is [Ir].[c-]1ccc2c(sc3ccccc32)c1-c1nc2nccnc2n1-c1ccccc1.[c-]1ccccc1-c1ccccn1. The molecule has 41 heavy (non-hydrogen) atoms. The Morgan fingerprint density at radius 1 is 0.634 bits per heavy atom. The van der Waals surface area contributed by atoms with Crippen molar-refractivity contribution in [2.75, 3.05) is 0 Å². The van der Waals surface area contributed by atoms with Gasteiger partial charge in [-0.3, -0.25) is 4.98 Å². The number of hydrogen-bond donors (Lipinski definition) is 0. The van der Waals surface area contributed by atoms with E-state index in [9.17, 15) is 0 Å². The molecule has 0 amide bonds. The normalized spacial score (nSPS) is 10.7. The molecule has 0 saturated heterocycles. The van der Waals surface area contributed by atoms with E-state index in [-0.39, 0.29) is 20.1 Å². The second kappa shape index (κ2) is 11.9. The van der Waals surface area contributed by atoms with Crippen molar-refractivity contribution in [3.8, 4) is 28.3 Å². The molecular formula is C34H21IrN5S-2. The molecule has 0 atom stereocenters. The van der Waals surface area contributed by atoms with Crippen LogP contribution in [0.4, 0.5) is 0 Å². The molecule has 0 bridgehead atoms. The molecule has 4 heterocycles. The molecule has 0 aliphatic heterocycles. The predicted octanol–water partition coefficient (Wildman–Crippen LogP) is 8.20. The molecule has 0 fully saturated rings. The van der Waals surface area contributed by atoms with E-state index in [2.05, 4.69) is 74.1 Å². The van der Waals surface area contributed by atoms with Crippen LogP contribution in [0.15, 0.2) is 128 Å². The van der Waals surface area contributed by atoms with Crippen molar-refractivity contribution in [2.45, 2.75) is 0 Å². The van der Waals surface area contributed by atoms with Gasteiger partial charge >= 0.3 is 0 Å². The number of thiophene rings is 1. The third-order valence-corrected chi connectivity index (χ3v) is 7.73. The predicted molar refractivity (Wildman–Crippen MR) is 162 cm³/mol. The minimum Gasteiger partial charge on any atom is -0.316 e. The number of pyridine rings is 1. The molecule has 199 valence electrons. The van der Waals surface area contributed by atoms with E-state index < -0.39 is 0 Å². The topological polar surface area (TPSA) is 56.5 Å². The smallest absolute Gasteiger partial charge is 0.188 e. The molecule has 0 N–H and O–H groups in total. The van der Waals surface area contributed by atoms with E-state index in [1.165, 1.54) is 20.2 Å². The molecule has 0 saturated carbocycles. The third kappa shape index (κ3) is 5.19. The molecule has 0 spiro atoms. The zero-order chi connectivity index (χ0) is 26.7. The Morgan fingerprint density at radius 2 is 1.44 bits per heavy atom. The summed E-state index contributed by atoms with van der Waals surface area (Å²) in [5.41, 5.74) is 5.37. The maximum atomic E-state index is 4.84. The Labute approximate surface area is 254 Å². The van der Waals surface area contributed by atoms with Crippen molar-refractivity contribution >= 4 is 42.8 Å². The summed E-state index contributed by atoms with van der Waals surface area (Å²) in [7, 11) is 0. The molecule has 4 aromatic carbocycles. The van der Waals surface area contributed by atoms with Gasteiger partial charge in [-0.05, 0) is 40.0 Å². The summed E-state index contributed by atoms with van der Waals surface area (Å²) in [5.74, 6) is 0.810. The summed E-state index contributed by atoms with van der Waals surface area (Å²) in [4.78, 5) is 18.0. The van der Waals surface area contributed by atoms with Crippen LogP contribution in [0, 0.1) is 12.1 Å². The third-order valence-electron chi connectivity index (χ3n) is 6.52. The van der Waals surface area contributed by atoms with Crippen molar-refractivity contribution in [3.63, 3.8) is 0 Å². The summed E-state index contributed by atoms with van der Waals surface area (Å²) >= 11 is 1.77. The molecule has 8 aromatic rings.